The van der Waals surface area contributed by atoms with Gasteiger partial charge < -0.3 is 20.3 Å². The minimum atomic E-state index is -0.410. The first-order valence-corrected chi connectivity index (χ1v) is 9.57. The van der Waals surface area contributed by atoms with Crippen molar-refractivity contribution in [2.24, 2.45) is 0 Å². The van der Waals surface area contributed by atoms with Gasteiger partial charge in [0.15, 0.2) is 5.11 Å². The molecule has 1 heterocycles. The number of thiocarbonyl (C=S) groups is 1. The summed E-state index contributed by atoms with van der Waals surface area (Å²) in [4.78, 5) is 37.8. The van der Waals surface area contributed by atoms with Crippen molar-refractivity contribution in [3.63, 3.8) is 0 Å². The Balaban J connectivity index is 1.87. The minimum Gasteiger partial charge on any atom is -0.466 e. The Morgan fingerprint density at radius 2 is 1.85 bits per heavy atom. The van der Waals surface area contributed by atoms with Gasteiger partial charge in [-0.3, -0.25) is 14.4 Å². The average molecular weight is 391 g/mol. The number of esters is 1. The van der Waals surface area contributed by atoms with Crippen molar-refractivity contribution >= 4 is 40.8 Å². The van der Waals surface area contributed by atoms with Crippen LogP contribution in [0.15, 0.2) is 24.3 Å². The van der Waals surface area contributed by atoms with Gasteiger partial charge in [-0.1, -0.05) is 19.1 Å². The highest BCUT2D eigenvalue weighted by Gasteiger charge is 2.22. The third-order valence-electron chi connectivity index (χ3n) is 4.08. The Hall–Kier alpha value is -2.48. The van der Waals surface area contributed by atoms with E-state index >= 15 is 0 Å². The highest BCUT2D eigenvalue weighted by molar-refractivity contribution is 7.80. The summed E-state index contributed by atoms with van der Waals surface area (Å²) in [7, 11) is 0. The maximum Gasteiger partial charge on any atom is 0.306 e. The summed E-state index contributed by atoms with van der Waals surface area (Å²) in [6, 6.07) is 7.05. The van der Waals surface area contributed by atoms with E-state index in [1.807, 2.05) is 11.8 Å². The topological polar surface area (TPSA) is 87.7 Å². The van der Waals surface area contributed by atoms with E-state index in [1.165, 1.54) is 0 Å². The van der Waals surface area contributed by atoms with Crippen molar-refractivity contribution in [2.75, 3.05) is 25.0 Å². The van der Waals surface area contributed by atoms with E-state index in [4.69, 9.17) is 17.0 Å². The van der Waals surface area contributed by atoms with Crippen LogP contribution in [0.3, 0.4) is 0 Å². The second kappa shape index (κ2) is 10.6. The molecule has 27 heavy (non-hydrogen) atoms. The number of likely N-dealkylation sites (tertiary alicyclic amines) is 1. The molecule has 0 radical (unpaired) electrons. The van der Waals surface area contributed by atoms with Crippen LogP contribution >= 0.6 is 12.2 Å². The quantitative estimate of drug-likeness (QED) is 0.548. The highest BCUT2D eigenvalue weighted by atomic mass is 32.1. The van der Waals surface area contributed by atoms with Crippen LogP contribution < -0.4 is 10.6 Å². The summed E-state index contributed by atoms with van der Waals surface area (Å²) in [5.41, 5.74) is 1.06. The van der Waals surface area contributed by atoms with Gasteiger partial charge in [-0.25, -0.2) is 0 Å². The first-order chi connectivity index (χ1) is 13.0. The second-order valence-electron chi connectivity index (χ2n) is 6.27. The monoisotopic (exact) mass is 391 g/mol. The third-order valence-corrected chi connectivity index (χ3v) is 4.28. The number of nitrogens with one attached hydrogen (secondary N) is 2. The van der Waals surface area contributed by atoms with Crippen molar-refractivity contribution in [1.82, 2.24) is 10.2 Å². The fourth-order valence-electron chi connectivity index (χ4n) is 2.72. The molecule has 0 atom stereocenters. The molecule has 2 amide bonds. The molecule has 0 aliphatic carbocycles. The summed E-state index contributed by atoms with van der Waals surface area (Å²) in [6.07, 6.45) is 2.74. The van der Waals surface area contributed by atoms with Crippen molar-refractivity contribution in [1.29, 1.82) is 0 Å². The van der Waals surface area contributed by atoms with E-state index in [-0.39, 0.29) is 29.8 Å². The molecular formula is C19H25N3O4S. The molecule has 1 aromatic rings. The summed E-state index contributed by atoms with van der Waals surface area (Å²) >= 11 is 5.16. The second-order valence-corrected chi connectivity index (χ2v) is 6.68. The summed E-state index contributed by atoms with van der Waals surface area (Å²) < 4.78 is 4.92. The lowest BCUT2D eigenvalue weighted by atomic mass is 10.1. The summed E-state index contributed by atoms with van der Waals surface area (Å²) in [6.45, 7) is 3.75. The zero-order valence-corrected chi connectivity index (χ0v) is 16.3. The highest BCUT2D eigenvalue weighted by Crippen LogP contribution is 2.20. The zero-order valence-electron chi connectivity index (χ0n) is 15.5. The maximum atomic E-state index is 12.6. The van der Waals surface area contributed by atoms with Gasteiger partial charge in [-0.2, -0.15) is 0 Å². The van der Waals surface area contributed by atoms with E-state index in [2.05, 4.69) is 10.6 Å². The summed E-state index contributed by atoms with van der Waals surface area (Å²) in [5, 5.41) is 5.51. The lowest BCUT2D eigenvalue weighted by molar-refractivity contribution is -0.144. The predicted molar refractivity (Wildman–Crippen MR) is 106 cm³/mol. The zero-order chi connectivity index (χ0) is 19.6. The molecule has 1 aromatic carbocycles. The summed E-state index contributed by atoms with van der Waals surface area (Å²) in [5.74, 6) is -0.847. The fraction of sp³-hybridized carbons (Fsp3) is 0.474. The Kier molecular flexibility index (Phi) is 8.19. The first kappa shape index (κ1) is 20.8. The molecule has 1 fully saturated rings. The fourth-order valence-corrected chi connectivity index (χ4v) is 2.94. The Morgan fingerprint density at radius 3 is 2.56 bits per heavy atom. The molecule has 7 nitrogen and oxygen atoms in total. The van der Waals surface area contributed by atoms with Crippen molar-refractivity contribution in [3.8, 4) is 0 Å². The number of rotatable bonds is 7. The molecule has 0 spiro atoms. The first-order valence-electron chi connectivity index (χ1n) is 9.16. The van der Waals surface area contributed by atoms with Crippen LogP contribution in [0.5, 0.6) is 0 Å². The Bertz CT molecular complexity index is 702. The van der Waals surface area contributed by atoms with Gasteiger partial charge in [-0.05, 0) is 43.6 Å². The number of carbonyl (C=O) groups is 3. The molecule has 0 bridgehead atoms. The number of nitrogens with zero attached hydrogens (tertiary/aromatic N) is 1. The number of para-hydroxylation sites is 1. The van der Waals surface area contributed by atoms with E-state index in [1.54, 1.807) is 24.3 Å². The van der Waals surface area contributed by atoms with Crippen LogP contribution in [-0.4, -0.2) is 47.5 Å². The van der Waals surface area contributed by atoms with Gasteiger partial charge in [0.05, 0.1) is 24.3 Å². The predicted octanol–water partition coefficient (Wildman–Crippen LogP) is 2.47. The van der Waals surface area contributed by atoms with Crippen LogP contribution in [0.2, 0.25) is 0 Å². The molecule has 0 unspecified atom stereocenters. The Morgan fingerprint density at radius 1 is 1.15 bits per heavy atom. The number of anilines is 1. The molecular weight excluding hydrogens is 366 g/mol. The van der Waals surface area contributed by atoms with Crippen LogP contribution in [0.4, 0.5) is 5.69 Å². The maximum absolute atomic E-state index is 12.6. The molecule has 2 rings (SSSR count). The lowest BCUT2D eigenvalue weighted by Gasteiger charge is -2.18. The molecule has 0 aromatic heterocycles. The van der Waals surface area contributed by atoms with Gasteiger partial charge >= 0.3 is 5.97 Å². The number of carbonyl (C=O) groups excluding carboxylic acids is 3. The van der Waals surface area contributed by atoms with Crippen LogP contribution in [-0.2, 0) is 14.3 Å². The van der Waals surface area contributed by atoms with Gasteiger partial charge in [0.1, 0.15) is 0 Å². The van der Waals surface area contributed by atoms with Gasteiger partial charge in [0.25, 0.3) is 5.91 Å². The molecule has 1 aliphatic rings. The van der Waals surface area contributed by atoms with Gasteiger partial charge in [0.2, 0.25) is 5.91 Å². The van der Waals surface area contributed by atoms with Crippen molar-refractivity contribution < 1.29 is 19.1 Å². The molecule has 2 N–H and O–H groups in total. The largest absolute Gasteiger partial charge is 0.466 e. The van der Waals surface area contributed by atoms with Gasteiger partial charge in [0, 0.05) is 19.5 Å². The normalized spacial score (nSPS) is 13.1. The molecule has 8 heteroatoms. The minimum absolute atomic E-state index is 0.00151. The standard InChI is InChI=1S/C19H25N3O4S/c1-2-13-26-17(24)10-9-16(23)21-19(27)20-15-8-4-3-7-14(15)18(25)22-11-5-6-12-22/h3-4,7-8H,2,5-6,9-13H2,1H3,(H2,20,21,23,27). The number of benzene rings is 1. The lowest BCUT2D eigenvalue weighted by Crippen LogP contribution is -2.35. The van der Waals surface area contributed by atoms with Crippen LogP contribution in [0.1, 0.15) is 49.4 Å². The third kappa shape index (κ3) is 6.63. The Labute approximate surface area is 164 Å². The van der Waals surface area contributed by atoms with Crippen LogP contribution in [0, 0.1) is 0 Å². The number of amides is 2. The number of hydrogen-bond acceptors (Lipinski definition) is 5. The van der Waals surface area contributed by atoms with Crippen molar-refractivity contribution in [3.05, 3.63) is 29.8 Å². The van der Waals surface area contributed by atoms with Crippen LogP contribution in [0.25, 0.3) is 0 Å². The molecule has 0 saturated carbocycles. The SMILES string of the molecule is CCCOC(=O)CCC(=O)NC(=S)Nc1ccccc1C(=O)N1CCCC1. The van der Waals surface area contributed by atoms with E-state index in [9.17, 15) is 14.4 Å². The van der Waals surface area contributed by atoms with E-state index < -0.39 is 5.97 Å². The van der Waals surface area contributed by atoms with Gasteiger partial charge in [-0.15, -0.1) is 0 Å². The number of hydrogen-bond donors (Lipinski definition) is 2. The van der Waals surface area contributed by atoms with E-state index in [0.29, 0.717) is 17.9 Å². The van der Waals surface area contributed by atoms with Crippen molar-refractivity contribution in [2.45, 2.75) is 39.0 Å². The average Bonchev–Trinajstić information content (AvgIpc) is 3.19. The number of ether oxygens (including phenoxy) is 1. The molecule has 1 saturated heterocycles. The van der Waals surface area contributed by atoms with E-state index in [0.717, 1.165) is 32.4 Å². The molecule has 146 valence electrons. The smallest absolute Gasteiger partial charge is 0.306 e. The molecule has 1 aliphatic heterocycles.